The van der Waals surface area contributed by atoms with E-state index < -0.39 is 0 Å². The third-order valence-corrected chi connectivity index (χ3v) is 5.04. The van der Waals surface area contributed by atoms with Gasteiger partial charge in [-0.3, -0.25) is 14.9 Å². The summed E-state index contributed by atoms with van der Waals surface area (Å²) in [5.41, 5.74) is 3.71. The van der Waals surface area contributed by atoms with Crippen LogP contribution < -0.4 is 10.1 Å². The number of hydrogen-bond acceptors (Lipinski definition) is 5. The Kier molecular flexibility index (Phi) is 5.05. The van der Waals surface area contributed by atoms with Gasteiger partial charge in [-0.25, -0.2) is 4.98 Å². The molecule has 1 amide bonds. The van der Waals surface area contributed by atoms with E-state index in [1.807, 2.05) is 73.7 Å². The lowest BCUT2D eigenvalue weighted by Gasteiger charge is -2.08. The summed E-state index contributed by atoms with van der Waals surface area (Å²) in [4.78, 5) is 21.4. The second-order valence-electron chi connectivity index (χ2n) is 7.28. The number of anilines is 1. The maximum atomic E-state index is 12.9. The lowest BCUT2D eigenvalue weighted by Crippen LogP contribution is -2.14. The van der Waals surface area contributed by atoms with Gasteiger partial charge in [-0.15, -0.1) is 0 Å². The number of aromatic nitrogens is 4. The molecule has 3 heterocycles. The van der Waals surface area contributed by atoms with Crippen LogP contribution in [0.1, 0.15) is 16.1 Å². The summed E-state index contributed by atoms with van der Waals surface area (Å²) in [5.74, 6) is 1.55. The van der Waals surface area contributed by atoms with Gasteiger partial charge in [-0.1, -0.05) is 30.3 Å². The summed E-state index contributed by atoms with van der Waals surface area (Å²) in [6.07, 6.45) is 5.07. The molecular weight excluding hydrogens is 402 g/mol. The monoisotopic (exact) mass is 421 g/mol. The maximum Gasteiger partial charge on any atom is 0.277 e. The number of aromatic amines is 1. The Morgan fingerprint density at radius 3 is 2.66 bits per heavy atom. The Labute approximate surface area is 184 Å². The number of hydrogen-bond donors (Lipinski definition) is 2. The predicted octanol–water partition coefficient (Wildman–Crippen LogP) is 5.37. The van der Waals surface area contributed by atoms with Gasteiger partial charge in [0, 0.05) is 23.3 Å². The fourth-order valence-electron chi connectivity index (χ4n) is 3.41. The highest BCUT2D eigenvalue weighted by molar-refractivity contribution is 6.11. The van der Waals surface area contributed by atoms with E-state index in [1.54, 1.807) is 18.6 Å². The SMILES string of the molecule is Cc1cccnc1NC(=O)c1n[nH]c2ccc(-c3cncc(Oc4ccccc4)c3)cc12. The molecule has 0 atom stereocenters. The zero-order valence-electron chi connectivity index (χ0n) is 17.2. The lowest BCUT2D eigenvalue weighted by molar-refractivity contribution is 0.102. The Bertz CT molecular complexity index is 1410. The minimum atomic E-state index is -0.325. The molecule has 7 heteroatoms. The molecule has 32 heavy (non-hydrogen) atoms. The molecule has 0 bridgehead atoms. The summed E-state index contributed by atoms with van der Waals surface area (Å²) in [7, 11) is 0. The van der Waals surface area contributed by atoms with Gasteiger partial charge in [-0.2, -0.15) is 5.10 Å². The molecule has 156 valence electrons. The first-order chi connectivity index (χ1) is 15.7. The molecule has 2 aromatic carbocycles. The molecule has 0 saturated carbocycles. The van der Waals surface area contributed by atoms with Crippen molar-refractivity contribution in [2.24, 2.45) is 0 Å². The van der Waals surface area contributed by atoms with Gasteiger partial charge in [0.1, 0.15) is 17.3 Å². The van der Waals surface area contributed by atoms with Crippen molar-refractivity contribution in [1.82, 2.24) is 20.2 Å². The Morgan fingerprint density at radius 1 is 0.938 bits per heavy atom. The molecule has 0 unspecified atom stereocenters. The van der Waals surface area contributed by atoms with E-state index in [1.165, 1.54) is 0 Å². The first-order valence-electron chi connectivity index (χ1n) is 10.1. The Morgan fingerprint density at radius 2 is 1.81 bits per heavy atom. The summed E-state index contributed by atoms with van der Waals surface area (Å²) in [6, 6.07) is 20.9. The minimum absolute atomic E-state index is 0.302. The summed E-state index contributed by atoms with van der Waals surface area (Å²) in [5, 5.41) is 10.7. The molecule has 0 radical (unpaired) electrons. The van der Waals surface area contributed by atoms with Gasteiger partial charge in [0.2, 0.25) is 0 Å². The number of fused-ring (bicyclic) bond motifs is 1. The van der Waals surface area contributed by atoms with E-state index in [0.717, 1.165) is 28.0 Å². The molecule has 0 aliphatic heterocycles. The molecule has 3 aromatic heterocycles. The van der Waals surface area contributed by atoms with Gasteiger partial charge in [0.05, 0.1) is 11.7 Å². The van der Waals surface area contributed by atoms with Gasteiger partial charge in [0.25, 0.3) is 5.91 Å². The van der Waals surface area contributed by atoms with Crippen LogP contribution in [0.4, 0.5) is 5.82 Å². The predicted molar refractivity (Wildman–Crippen MR) is 123 cm³/mol. The van der Waals surface area contributed by atoms with E-state index in [-0.39, 0.29) is 5.91 Å². The van der Waals surface area contributed by atoms with Crippen molar-refractivity contribution >= 4 is 22.6 Å². The number of aryl methyl sites for hydroxylation is 1. The number of benzene rings is 2. The van der Waals surface area contributed by atoms with Crippen LogP contribution in [0.25, 0.3) is 22.0 Å². The molecule has 0 saturated heterocycles. The second-order valence-corrected chi connectivity index (χ2v) is 7.28. The molecule has 5 aromatic rings. The Hall–Kier alpha value is -4.52. The Balaban J connectivity index is 1.46. The molecule has 0 spiro atoms. The molecule has 0 aliphatic carbocycles. The highest BCUT2D eigenvalue weighted by Gasteiger charge is 2.16. The third kappa shape index (κ3) is 3.91. The number of nitrogens with one attached hydrogen (secondary N) is 2. The first-order valence-corrected chi connectivity index (χ1v) is 10.1. The molecule has 7 nitrogen and oxygen atoms in total. The maximum absolute atomic E-state index is 12.9. The minimum Gasteiger partial charge on any atom is -0.456 e. The van der Waals surface area contributed by atoms with E-state index >= 15 is 0 Å². The van der Waals surface area contributed by atoms with Gasteiger partial charge < -0.3 is 10.1 Å². The number of rotatable bonds is 5. The molecule has 0 fully saturated rings. The van der Waals surface area contributed by atoms with Crippen molar-refractivity contribution in [2.45, 2.75) is 6.92 Å². The van der Waals surface area contributed by atoms with E-state index in [4.69, 9.17) is 4.74 Å². The quantitative estimate of drug-likeness (QED) is 0.398. The van der Waals surface area contributed by atoms with Crippen LogP contribution in [-0.4, -0.2) is 26.1 Å². The number of nitrogens with zero attached hydrogens (tertiary/aromatic N) is 3. The average Bonchev–Trinajstić information content (AvgIpc) is 3.25. The van der Waals surface area contributed by atoms with E-state index in [2.05, 4.69) is 25.5 Å². The number of pyridine rings is 2. The second kappa shape index (κ2) is 8.31. The number of carbonyl (C=O) groups is 1. The van der Waals surface area contributed by atoms with Crippen LogP contribution in [0.5, 0.6) is 11.5 Å². The third-order valence-electron chi connectivity index (χ3n) is 5.04. The number of H-pyrrole nitrogens is 1. The number of para-hydroxylation sites is 1. The van der Waals surface area contributed by atoms with Crippen molar-refractivity contribution in [3.63, 3.8) is 0 Å². The van der Waals surface area contributed by atoms with Crippen LogP contribution in [0, 0.1) is 6.92 Å². The van der Waals surface area contributed by atoms with Crippen LogP contribution in [-0.2, 0) is 0 Å². The smallest absolute Gasteiger partial charge is 0.277 e. The lowest BCUT2D eigenvalue weighted by atomic mass is 10.0. The number of ether oxygens (including phenoxy) is 1. The van der Waals surface area contributed by atoms with Crippen LogP contribution in [0.2, 0.25) is 0 Å². The zero-order valence-corrected chi connectivity index (χ0v) is 17.2. The topological polar surface area (TPSA) is 92.8 Å². The van der Waals surface area contributed by atoms with Crippen LogP contribution in [0.15, 0.2) is 85.3 Å². The average molecular weight is 421 g/mol. The van der Waals surface area contributed by atoms with Crippen molar-refractivity contribution in [1.29, 1.82) is 0 Å². The molecule has 0 aliphatic rings. The molecule has 2 N–H and O–H groups in total. The fraction of sp³-hybridized carbons (Fsp3) is 0.0400. The first kappa shape index (κ1) is 19.4. The largest absolute Gasteiger partial charge is 0.456 e. The highest BCUT2D eigenvalue weighted by atomic mass is 16.5. The van der Waals surface area contributed by atoms with Crippen molar-refractivity contribution in [2.75, 3.05) is 5.32 Å². The van der Waals surface area contributed by atoms with Gasteiger partial charge >= 0.3 is 0 Å². The number of amides is 1. The highest BCUT2D eigenvalue weighted by Crippen LogP contribution is 2.29. The van der Waals surface area contributed by atoms with E-state index in [0.29, 0.717) is 22.6 Å². The molecule has 5 rings (SSSR count). The van der Waals surface area contributed by atoms with Gasteiger partial charge in [0.15, 0.2) is 5.69 Å². The summed E-state index contributed by atoms with van der Waals surface area (Å²) in [6.45, 7) is 1.89. The van der Waals surface area contributed by atoms with E-state index in [9.17, 15) is 4.79 Å². The fourth-order valence-corrected chi connectivity index (χ4v) is 3.41. The van der Waals surface area contributed by atoms with Crippen molar-refractivity contribution in [3.05, 3.63) is 96.6 Å². The summed E-state index contributed by atoms with van der Waals surface area (Å²) >= 11 is 0. The normalized spacial score (nSPS) is 10.8. The van der Waals surface area contributed by atoms with Gasteiger partial charge in [-0.05, 0) is 54.4 Å². The zero-order chi connectivity index (χ0) is 21.9. The number of carbonyl (C=O) groups excluding carboxylic acids is 1. The van der Waals surface area contributed by atoms with Crippen LogP contribution in [0.3, 0.4) is 0 Å². The standard InChI is InChI=1S/C25H19N5O2/c1-16-6-5-11-27-24(16)28-25(31)23-21-13-17(9-10-22(21)29-30-23)18-12-20(15-26-14-18)32-19-7-3-2-4-8-19/h2-15H,1H3,(H,29,30)(H,27,28,31). The van der Waals surface area contributed by atoms with Crippen molar-refractivity contribution < 1.29 is 9.53 Å². The summed E-state index contributed by atoms with van der Waals surface area (Å²) < 4.78 is 5.90. The molecular formula is C25H19N5O2. The van der Waals surface area contributed by atoms with Crippen molar-refractivity contribution in [3.8, 4) is 22.6 Å². The van der Waals surface area contributed by atoms with Crippen LogP contribution >= 0.6 is 0 Å².